The van der Waals surface area contributed by atoms with Gasteiger partial charge in [-0.05, 0) is 25.5 Å². The minimum atomic E-state index is -0.147. The number of ether oxygens (including phenoxy) is 2. The zero-order chi connectivity index (χ0) is 17.6. The fraction of sp³-hybridized carbons (Fsp3) is 0.444. The van der Waals surface area contributed by atoms with Gasteiger partial charge >= 0.3 is 0 Å². The summed E-state index contributed by atoms with van der Waals surface area (Å²) in [7, 11) is 0. The van der Waals surface area contributed by atoms with Gasteiger partial charge in [-0.1, -0.05) is 0 Å². The van der Waals surface area contributed by atoms with E-state index in [4.69, 9.17) is 9.47 Å². The number of rotatable bonds is 4. The fourth-order valence-corrected chi connectivity index (χ4v) is 3.90. The summed E-state index contributed by atoms with van der Waals surface area (Å²) in [4.78, 5) is 15.0. The zero-order valence-electron chi connectivity index (χ0n) is 14.6. The molecule has 1 unspecified atom stereocenters. The number of fused-ring (bicyclic) bond motifs is 1. The summed E-state index contributed by atoms with van der Waals surface area (Å²) >= 11 is 0. The lowest BCUT2D eigenvalue weighted by Gasteiger charge is -2.50. The van der Waals surface area contributed by atoms with E-state index in [0.717, 1.165) is 43.4 Å². The van der Waals surface area contributed by atoms with Crippen LogP contribution in [0.4, 0.5) is 5.82 Å². The SMILES string of the molecule is Cc1cc(N2CC3(C2)OCCC3COc2cccnc2)n2ncnc2n1. The molecule has 3 aromatic rings. The number of anilines is 1. The van der Waals surface area contributed by atoms with Crippen LogP contribution in [0.5, 0.6) is 5.75 Å². The van der Waals surface area contributed by atoms with Gasteiger partial charge in [-0.15, -0.1) is 0 Å². The third-order valence-corrected chi connectivity index (χ3v) is 5.29. The summed E-state index contributed by atoms with van der Waals surface area (Å²) in [5, 5.41) is 4.30. The molecule has 8 nitrogen and oxygen atoms in total. The number of hydrogen-bond acceptors (Lipinski definition) is 7. The number of aromatic nitrogens is 5. The molecule has 0 aromatic carbocycles. The van der Waals surface area contributed by atoms with Crippen molar-refractivity contribution in [1.82, 2.24) is 24.6 Å². The lowest BCUT2D eigenvalue weighted by atomic mass is 9.81. The second-order valence-corrected chi connectivity index (χ2v) is 6.98. The van der Waals surface area contributed by atoms with E-state index in [2.05, 4.69) is 25.0 Å². The molecule has 1 spiro atoms. The van der Waals surface area contributed by atoms with Crippen molar-refractivity contribution in [1.29, 1.82) is 0 Å². The van der Waals surface area contributed by atoms with E-state index in [9.17, 15) is 0 Å². The molecule has 2 aliphatic rings. The summed E-state index contributed by atoms with van der Waals surface area (Å²) in [5.41, 5.74) is 0.789. The van der Waals surface area contributed by atoms with Gasteiger partial charge in [-0.3, -0.25) is 4.98 Å². The predicted octanol–water partition coefficient (Wildman–Crippen LogP) is 1.50. The molecule has 1 atom stereocenters. The first-order chi connectivity index (χ1) is 12.7. The molecule has 3 aromatic heterocycles. The largest absolute Gasteiger partial charge is 0.492 e. The van der Waals surface area contributed by atoms with Crippen molar-refractivity contribution < 1.29 is 9.47 Å². The predicted molar refractivity (Wildman–Crippen MR) is 94.3 cm³/mol. The van der Waals surface area contributed by atoms with E-state index >= 15 is 0 Å². The molecule has 0 amide bonds. The number of hydrogen-bond donors (Lipinski definition) is 0. The second kappa shape index (κ2) is 5.91. The van der Waals surface area contributed by atoms with Crippen molar-refractivity contribution in [3.8, 4) is 5.75 Å². The van der Waals surface area contributed by atoms with Gasteiger partial charge in [0.05, 0.1) is 25.9 Å². The van der Waals surface area contributed by atoms with Gasteiger partial charge in [0.1, 0.15) is 23.5 Å². The normalized spacial score (nSPS) is 21.3. The van der Waals surface area contributed by atoms with Gasteiger partial charge in [0, 0.05) is 30.5 Å². The Morgan fingerprint density at radius 2 is 2.31 bits per heavy atom. The molecular formula is C18H20N6O2. The molecule has 5 heterocycles. The first kappa shape index (κ1) is 15.5. The molecule has 2 fully saturated rings. The molecule has 134 valence electrons. The van der Waals surface area contributed by atoms with E-state index in [1.54, 1.807) is 16.9 Å². The van der Waals surface area contributed by atoms with Crippen LogP contribution in [0.25, 0.3) is 5.78 Å². The van der Waals surface area contributed by atoms with E-state index < -0.39 is 0 Å². The van der Waals surface area contributed by atoms with Crippen LogP contribution in [0.3, 0.4) is 0 Å². The molecular weight excluding hydrogens is 332 g/mol. The maximum Gasteiger partial charge on any atom is 0.254 e. The average Bonchev–Trinajstić information content (AvgIpc) is 3.25. The summed E-state index contributed by atoms with van der Waals surface area (Å²) < 4.78 is 13.9. The van der Waals surface area contributed by atoms with Crippen molar-refractivity contribution in [2.75, 3.05) is 31.2 Å². The summed E-state index contributed by atoms with van der Waals surface area (Å²) in [6.07, 6.45) is 6.05. The Labute approximate surface area is 150 Å². The lowest BCUT2D eigenvalue weighted by molar-refractivity contribution is -0.0528. The molecule has 8 heteroatoms. The average molecular weight is 352 g/mol. The Balaban J connectivity index is 1.31. The van der Waals surface area contributed by atoms with Crippen molar-refractivity contribution in [3.05, 3.63) is 42.6 Å². The molecule has 0 aliphatic carbocycles. The first-order valence-electron chi connectivity index (χ1n) is 8.83. The van der Waals surface area contributed by atoms with Crippen LogP contribution in [0.2, 0.25) is 0 Å². The highest BCUT2D eigenvalue weighted by atomic mass is 16.5. The minimum absolute atomic E-state index is 0.147. The van der Waals surface area contributed by atoms with E-state index in [1.165, 1.54) is 6.33 Å². The Morgan fingerprint density at radius 1 is 1.38 bits per heavy atom. The zero-order valence-corrected chi connectivity index (χ0v) is 14.6. The lowest BCUT2D eigenvalue weighted by Crippen LogP contribution is -2.66. The van der Waals surface area contributed by atoms with Crippen LogP contribution < -0.4 is 9.64 Å². The maximum absolute atomic E-state index is 6.15. The number of nitrogens with zero attached hydrogens (tertiary/aromatic N) is 6. The van der Waals surface area contributed by atoms with Gasteiger partial charge in [0.25, 0.3) is 5.78 Å². The van der Waals surface area contributed by atoms with E-state index in [1.807, 2.05) is 25.1 Å². The quantitative estimate of drug-likeness (QED) is 0.704. The highest BCUT2D eigenvalue weighted by molar-refractivity contribution is 5.51. The van der Waals surface area contributed by atoms with Gasteiger partial charge < -0.3 is 14.4 Å². The first-order valence-corrected chi connectivity index (χ1v) is 8.83. The monoisotopic (exact) mass is 352 g/mol. The van der Waals surface area contributed by atoms with E-state index in [0.29, 0.717) is 18.3 Å². The van der Waals surface area contributed by atoms with Crippen molar-refractivity contribution in [3.63, 3.8) is 0 Å². The molecule has 0 N–H and O–H groups in total. The van der Waals surface area contributed by atoms with Gasteiger partial charge in [0.2, 0.25) is 0 Å². The Hall–Kier alpha value is -2.74. The molecule has 26 heavy (non-hydrogen) atoms. The standard InChI is InChI=1S/C18H20N6O2/c1-13-7-16(24-17(22-13)20-12-21-24)23-10-18(11-23)14(4-6-26-18)9-25-15-3-2-5-19-8-15/h2-3,5,7-8,12,14H,4,6,9-11H2,1H3. The topological polar surface area (TPSA) is 77.7 Å². The van der Waals surface area contributed by atoms with Gasteiger partial charge in [-0.25, -0.2) is 4.98 Å². The second-order valence-electron chi connectivity index (χ2n) is 6.98. The summed E-state index contributed by atoms with van der Waals surface area (Å²) in [6.45, 7) is 5.06. The van der Waals surface area contributed by atoms with Crippen LogP contribution in [-0.2, 0) is 4.74 Å². The fourth-order valence-electron chi connectivity index (χ4n) is 3.90. The Morgan fingerprint density at radius 3 is 3.15 bits per heavy atom. The van der Waals surface area contributed by atoms with E-state index in [-0.39, 0.29) is 5.60 Å². The molecule has 2 saturated heterocycles. The third kappa shape index (κ3) is 2.48. The van der Waals surface area contributed by atoms with Crippen LogP contribution in [0, 0.1) is 12.8 Å². The van der Waals surface area contributed by atoms with Crippen LogP contribution >= 0.6 is 0 Å². The number of aryl methyl sites for hydroxylation is 1. The molecule has 2 aliphatic heterocycles. The summed E-state index contributed by atoms with van der Waals surface area (Å²) in [5.74, 6) is 2.82. The molecule has 0 radical (unpaired) electrons. The number of pyridine rings is 1. The maximum atomic E-state index is 6.15. The van der Waals surface area contributed by atoms with Crippen molar-refractivity contribution in [2.24, 2.45) is 5.92 Å². The minimum Gasteiger partial charge on any atom is -0.492 e. The highest BCUT2D eigenvalue weighted by Crippen LogP contribution is 2.42. The molecule has 0 saturated carbocycles. The van der Waals surface area contributed by atoms with Crippen molar-refractivity contribution >= 4 is 11.6 Å². The Kier molecular flexibility index (Phi) is 3.53. The molecule has 0 bridgehead atoms. The smallest absolute Gasteiger partial charge is 0.254 e. The molecule has 5 rings (SSSR count). The van der Waals surface area contributed by atoms with Crippen LogP contribution in [-0.4, -0.2) is 56.5 Å². The highest BCUT2D eigenvalue weighted by Gasteiger charge is 2.54. The van der Waals surface area contributed by atoms with Gasteiger partial charge in [0.15, 0.2) is 0 Å². The summed E-state index contributed by atoms with van der Waals surface area (Å²) in [6, 6.07) is 5.87. The van der Waals surface area contributed by atoms with Crippen LogP contribution in [0.1, 0.15) is 12.1 Å². The Bertz CT molecular complexity index is 922. The van der Waals surface area contributed by atoms with Gasteiger partial charge in [-0.2, -0.15) is 14.6 Å². The van der Waals surface area contributed by atoms with Crippen LogP contribution in [0.15, 0.2) is 36.9 Å². The third-order valence-electron chi connectivity index (χ3n) is 5.29. The van der Waals surface area contributed by atoms with Crippen molar-refractivity contribution in [2.45, 2.75) is 18.9 Å².